The third kappa shape index (κ3) is 1.78. The van der Waals surface area contributed by atoms with E-state index in [9.17, 15) is 9.59 Å². The number of aromatic nitrogens is 1. The van der Waals surface area contributed by atoms with Crippen LogP contribution in [-0.4, -0.2) is 21.8 Å². The lowest BCUT2D eigenvalue weighted by Gasteiger charge is -2.19. The highest BCUT2D eigenvalue weighted by molar-refractivity contribution is 6.03. The fraction of sp³-hybridized carbons (Fsp3) is 0.286. The minimum atomic E-state index is -1.03. The molecule has 1 unspecified atom stereocenters. The van der Waals surface area contributed by atoms with Crippen LogP contribution in [-0.2, 0) is 6.42 Å². The van der Waals surface area contributed by atoms with Crippen molar-refractivity contribution >= 4 is 11.8 Å². The van der Waals surface area contributed by atoms with Crippen LogP contribution in [0.3, 0.4) is 0 Å². The van der Waals surface area contributed by atoms with E-state index >= 15 is 0 Å². The largest absolute Gasteiger partial charge is 0.477 e. The lowest BCUT2D eigenvalue weighted by molar-refractivity contribution is 0.0690. The van der Waals surface area contributed by atoms with Crippen LogP contribution in [0.5, 0.6) is 0 Å². The van der Waals surface area contributed by atoms with Gasteiger partial charge in [-0.25, -0.2) is 4.79 Å². The molecule has 5 heteroatoms. The number of hydrogen-bond donors (Lipinski definition) is 2. The highest BCUT2D eigenvalue weighted by atomic mass is 16.4. The van der Waals surface area contributed by atoms with Crippen LogP contribution in [0, 0.1) is 6.92 Å². The zero-order chi connectivity index (χ0) is 13.6. The molecule has 5 nitrogen and oxygen atoms in total. The number of carboxylic acid groups (broad SMARTS) is 1. The number of carbonyl (C=O) groups excluding carboxylic acids is 1. The number of rotatable bonds is 2. The Morgan fingerprint density at radius 1 is 1.47 bits per heavy atom. The van der Waals surface area contributed by atoms with Crippen LogP contribution in [0.25, 0.3) is 0 Å². The molecule has 0 fully saturated rings. The molecule has 0 spiro atoms. The number of aromatic amines is 1. The maximum Gasteiger partial charge on any atom is 0.352 e. The average Bonchev–Trinajstić information content (AvgIpc) is 2.96. The quantitative estimate of drug-likeness (QED) is 0.868. The maximum absolute atomic E-state index is 12.2. The summed E-state index contributed by atoms with van der Waals surface area (Å²) in [7, 11) is 0. The lowest BCUT2D eigenvalue weighted by Crippen LogP contribution is -2.18. The number of furan rings is 1. The minimum absolute atomic E-state index is 0.0188. The Morgan fingerprint density at radius 3 is 2.89 bits per heavy atom. The van der Waals surface area contributed by atoms with Crippen LogP contribution < -0.4 is 0 Å². The Hall–Kier alpha value is -2.30. The predicted molar refractivity (Wildman–Crippen MR) is 66.6 cm³/mol. The number of carboxylic acids is 1. The van der Waals surface area contributed by atoms with E-state index in [0.29, 0.717) is 29.7 Å². The highest BCUT2D eigenvalue weighted by Crippen LogP contribution is 2.35. The van der Waals surface area contributed by atoms with Crippen molar-refractivity contribution in [3.8, 4) is 0 Å². The zero-order valence-corrected chi connectivity index (χ0v) is 10.4. The molecule has 2 heterocycles. The smallest absolute Gasteiger partial charge is 0.352 e. The second kappa shape index (κ2) is 4.12. The molecule has 1 aliphatic rings. The van der Waals surface area contributed by atoms with Gasteiger partial charge < -0.3 is 14.5 Å². The normalized spacial score (nSPS) is 18.4. The monoisotopic (exact) mass is 259 g/mol. The number of ketones is 1. The third-order valence-electron chi connectivity index (χ3n) is 3.65. The summed E-state index contributed by atoms with van der Waals surface area (Å²) in [6.45, 7) is 1.67. The van der Waals surface area contributed by atoms with Gasteiger partial charge in [-0.05, 0) is 31.0 Å². The van der Waals surface area contributed by atoms with Gasteiger partial charge in [-0.2, -0.15) is 0 Å². The first-order valence-corrected chi connectivity index (χ1v) is 6.09. The molecule has 0 aromatic carbocycles. The molecule has 0 saturated carbocycles. The van der Waals surface area contributed by atoms with Crippen molar-refractivity contribution in [2.24, 2.45) is 0 Å². The summed E-state index contributed by atoms with van der Waals surface area (Å²) in [5.41, 5.74) is 1.89. The van der Waals surface area contributed by atoms with Crippen molar-refractivity contribution in [1.29, 1.82) is 0 Å². The minimum Gasteiger partial charge on any atom is -0.477 e. The first kappa shape index (κ1) is 11.8. The lowest BCUT2D eigenvalue weighted by atomic mass is 9.84. The van der Waals surface area contributed by atoms with E-state index in [4.69, 9.17) is 9.52 Å². The fourth-order valence-electron chi connectivity index (χ4n) is 2.77. The molecule has 0 saturated heterocycles. The Labute approximate surface area is 109 Å². The van der Waals surface area contributed by atoms with Gasteiger partial charge in [0.05, 0.1) is 6.26 Å². The van der Waals surface area contributed by atoms with Gasteiger partial charge >= 0.3 is 5.97 Å². The zero-order valence-electron chi connectivity index (χ0n) is 10.4. The third-order valence-corrected chi connectivity index (χ3v) is 3.65. The van der Waals surface area contributed by atoms with E-state index < -0.39 is 5.97 Å². The number of nitrogens with one attached hydrogen (secondary N) is 1. The fourth-order valence-corrected chi connectivity index (χ4v) is 2.77. The van der Waals surface area contributed by atoms with E-state index in [1.165, 1.54) is 0 Å². The summed E-state index contributed by atoms with van der Waals surface area (Å²) in [5, 5.41) is 9.09. The maximum atomic E-state index is 12.2. The summed E-state index contributed by atoms with van der Waals surface area (Å²) in [5.74, 6) is -0.309. The van der Waals surface area contributed by atoms with Crippen molar-refractivity contribution in [2.45, 2.75) is 25.7 Å². The van der Waals surface area contributed by atoms with Crippen LogP contribution in [0.15, 0.2) is 22.8 Å². The van der Waals surface area contributed by atoms with Gasteiger partial charge in [0, 0.05) is 23.6 Å². The van der Waals surface area contributed by atoms with Crippen molar-refractivity contribution in [3.63, 3.8) is 0 Å². The number of aromatic carboxylic acids is 1. The molecule has 0 amide bonds. The Morgan fingerprint density at radius 2 is 2.26 bits per heavy atom. The summed E-state index contributed by atoms with van der Waals surface area (Å²) < 4.78 is 5.34. The van der Waals surface area contributed by atoms with Gasteiger partial charge in [-0.1, -0.05) is 0 Å². The van der Waals surface area contributed by atoms with Gasteiger partial charge in [0.15, 0.2) is 5.78 Å². The second-order valence-electron chi connectivity index (χ2n) is 4.83. The topological polar surface area (TPSA) is 83.3 Å². The standard InChI is InChI=1S/C14H13NO4/c1-7-12-9(15-13(7)14(17)18)5-8(6-10(12)16)11-3-2-4-19-11/h2-4,8,15H,5-6H2,1H3,(H,17,18). The molecule has 3 rings (SSSR count). The molecular weight excluding hydrogens is 246 g/mol. The second-order valence-corrected chi connectivity index (χ2v) is 4.83. The predicted octanol–water partition coefficient (Wildman–Crippen LogP) is 2.53. The van der Waals surface area contributed by atoms with Gasteiger partial charge in [-0.3, -0.25) is 4.79 Å². The summed E-state index contributed by atoms with van der Waals surface area (Å²) in [4.78, 5) is 26.2. The molecule has 0 bridgehead atoms. The molecular formula is C14H13NO4. The van der Waals surface area contributed by atoms with E-state index in [-0.39, 0.29) is 17.4 Å². The Kier molecular flexibility index (Phi) is 2.55. The van der Waals surface area contributed by atoms with Crippen LogP contribution in [0.2, 0.25) is 0 Å². The van der Waals surface area contributed by atoms with Crippen LogP contribution >= 0.6 is 0 Å². The number of Topliss-reactive ketones (excluding diaryl/α,β-unsaturated/α-hetero) is 1. The molecule has 2 N–H and O–H groups in total. The number of H-pyrrole nitrogens is 1. The van der Waals surface area contributed by atoms with Crippen LogP contribution in [0.4, 0.5) is 0 Å². The van der Waals surface area contributed by atoms with E-state index in [2.05, 4.69) is 4.98 Å². The van der Waals surface area contributed by atoms with Crippen LogP contribution in [0.1, 0.15) is 50.2 Å². The van der Waals surface area contributed by atoms with Gasteiger partial charge in [0.25, 0.3) is 0 Å². The Balaban J connectivity index is 2.03. The number of carbonyl (C=O) groups is 2. The summed E-state index contributed by atoms with van der Waals surface area (Å²) >= 11 is 0. The number of hydrogen-bond acceptors (Lipinski definition) is 3. The van der Waals surface area contributed by atoms with Crippen molar-refractivity contribution in [3.05, 3.63) is 46.7 Å². The molecule has 19 heavy (non-hydrogen) atoms. The van der Waals surface area contributed by atoms with Crippen molar-refractivity contribution in [1.82, 2.24) is 4.98 Å². The Bertz CT molecular complexity index is 651. The highest BCUT2D eigenvalue weighted by Gasteiger charge is 2.32. The average molecular weight is 259 g/mol. The first-order valence-electron chi connectivity index (χ1n) is 6.09. The molecule has 0 radical (unpaired) electrons. The summed E-state index contributed by atoms with van der Waals surface area (Å²) in [6, 6.07) is 3.63. The van der Waals surface area contributed by atoms with E-state index in [1.54, 1.807) is 19.3 Å². The molecule has 2 aromatic rings. The molecule has 1 atom stereocenters. The molecule has 98 valence electrons. The van der Waals surface area contributed by atoms with Gasteiger partial charge in [0.2, 0.25) is 0 Å². The van der Waals surface area contributed by atoms with Crippen molar-refractivity contribution < 1.29 is 19.1 Å². The van der Waals surface area contributed by atoms with Crippen molar-refractivity contribution in [2.75, 3.05) is 0 Å². The molecule has 0 aliphatic heterocycles. The SMILES string of the molecule is Cc1c(C(=O)O)[nH]c2c1C(=O)CC(c1ccco1)C2. The number of fused-ring (bicyclic) bond motifs is 1. The van der Waals surface area contributed by atoms with E-state index in [1.807, 2.05) is 6.07 Å². The molecule has 2 aromatic heterocycles. The molecule has 1 aliphatic carbocycles. The first-order chi connectivity index (χ1) is 9.08. The van der Waals surface area contributed by atoms with Gasteiger partial charge in [0.1, 0.15) is 11.5 Å². The van der Waals surface area contributed by atoms with E-state index in [0.717, 1.165) is 5.76 Å². The summed E-state index contributed by atoms with van der Waals surface area (Å²) in [6.07, 6.45) is 2.54. The van der Waals surface area contributed by atoms with Gasteiger partial charge in [-0.15, -0.1) is 0 Å².